The predicted octanol–water partition coefficient (Wildman–Crippen LogP) is 2.54. The van der Waals surface area contributed by atoms with Gasteiger partial charge in [0.2, 0.25) is 0 Å². The lowest BCUT2D eigenvalue weighted by atomic mass is 10.1. The van der Waals surface area contributed by atoms with Crippen LogP contribution in [0, 0.1) is 0 Å². The molecule has 0 bridgehead atoms. The second-order valence-corrected chi connectivity index (χ2v) is 4.79. The average molecular weight is 221 g/mol. The lowest BCUT2D eigenvalue weighted by Gasteiger charge is -2.19. The molecule has 0 spiro atoms. The molecule has 0 aliphatic heterocycles. The summed E-state index contributed by atoms with van der Waals surface area (Å²) in [5, 5.41) is 0. The summed E-state index contributed by atoms with van der Waals surface area (Å²) >= 11 is 0. The van der Waals surface area contributed by atoms with Crippen LogP contribution in [0.2, 0.25) is 0 Å². The van der Waals surface area contributed by atoms with E-state index >= 15 is 0 Å². The lowest BCUT2D eigenvalue weighted by molar-refractivity contribution is -0.154. The number of hydrogen-bond donors (Lipinski definition) is 1. The van der Waals surface area contributed by atoms with Gasteiger partial charge in [0.1, 0.15) is 5.60 Å². The van der Waals surface area contributed by atoms with E-state index in [2.05, 4.69) is 0 Å². The number of nitrogens with two attached hydrogens (primary N) is 1. The second-order valence-electron chi connectivity index (χ2n) is 4.79. The van der Waals surface area contributed by atoms with E-state index in [-0.39, 0.29) is 5.97 Å². The van der Waals surface area contributed by atoms with Crippen LogP contribution in [0.25, 0.3) is 0 Å². The maximum atomic E-state index is 11.5. The summed E-state index contributed by atoms with van der Waals surface area (Å²) < 4.78 is 5.22. The number of para-hydroxylation sites is 1. The van der Waals surface area contributed by atoms with Crippen molar-refractivity contribution in [1.82, 2.24) is 0 Å². The Hall–Kier alpha value is -1.51. The van der Waals surface area contributed by atoms with Gasteiger partial charge in [-0.3, -0.25) is 4.79 Å². The maximum absolute atomic E-state index is 11.5. The van der Waals surface area contributed by atoms with E-state index in [4.69, 9.17) is 10.5 Å². The molecular weight excluding hydrogens is 202 g/mol. The lowest BCUT2D eigenvalue weighted by Crippen LogP contribution is -2.24. The van der Waals surface area contributed by atoms with E-state index in [1.807, 2.05) is 45.0 Å². The Morgan fingerprint density at radius 3 is 2.50 bits per heavy atom. The monoisotopic (exact) mass is 221 g/mol. The summed E-state index contributed by atoms with van der Waals surface area (Å²) in [5.41, 5.74) is 7.09. The van der Waals surface area contributed by atoms with Gasteiger partial charge in [0.05, 0.1) is 0 Å². The highest BCUT2D eigenvalue weighted by molar-refractivity contribution is 5.70. The van der Waals surface area contributed by atoms with Crippen LogP contribution in [0.3, 0.4) is 0 Å². The van der Waals surface area contributed by atoms with Crippen molar-refractivity contribution in [3.63, 3.8) is 0 Å². The third kappa shape index (κ3) is 4.34. The van der Waals surface area contributed by atoms with E-state index in [1.54, 1.807) is 0 Å². The highest BCUT2D eigenvalue weighted by Gasteiger charge is 2.16. The first-order valence-corrected chi connectivity index (χ1v) is 5.44. The Labute approximate surface area is 96.6 Å². The molecule has 16 heavy (non-hydrogen) atoms. The molecule has 0 saturated carbocycles. The Morgan fingerprint density at radius 1 is 1.31 bits per heavy atom. The molecule has 88 valence electrons. The molecular formula is C13H19NO2. The Kier molecular flexibility index (Phi) is 3.93. The zero-order valence-electron chi connectivity index (χ0n) is 10.1. The van der Waals surface area contributed by atoms with Crippen molar-refractivity contribution in [2.24, 2.45) is 0 Å². The number of anilines is 1. The number of carbonyl (C=O) groups excluding carboxylic acids is 1. The molecule has 3 heteroatoms. The molecule has 1 aromatic carbocycles. The first-order chi connectivity index (χ1) is 7.38. The van der Waals surface area contributed by atoms with Gasteiger partial charge in [-0.15, -0.1) is 0 Å². The van der Waals surface area contributed by atoms with Gasteiger partial charge in [-0.1, -0.05) is 18.2 Å². The normalized spacial score (nSPS) is 11.2. The minimum Gasteiger partial charge on any atom is -0.460 e. The minimum absolute atomic E-state index is 0.184. The Balaban J connectivity index is 2.47. The third-order valence-corrected chi connectivity index (χ3v) is 2.07. The smallest absolute Gasteiger partial charge is 0.306 e. The number of benzene rings is 1. The molecule has 0 aliphatic rings. The molecule has 0 unspecified atom stereocenters. The molecule has 0 radical (unpaired) electrons. The Morgan fingerprint density at radius 2 is 1.94 bits per heavy atom. The molecule has 1 rings (SSSR count). The standard InChI is InChI=1S/C13H19NO2/c1-13(2,3)16-12(15)9-8-10-6-4-5-7-11(10)14/h4-7H,8-9,14H2,1-3H3. The summed E-state index contributed by atoms with van der Waals surface area (Å²) in [7, 11) is 0. The molecule has 3 nitrogen and oxygen atoms in total. The Bertz CT molecular complexity index is 366. The van der Waals surface area contributed by atoms with Gasteiger partial charge in [-0.05, 0) is 38.8 Å². The predicted molar refractivity (Wildman–Crippen MR) is 65.0 cm³/mol. The number of nitrogen functional groups attached to an aromatic ring is 1. The van der Waals surface area contributed by atoms with Gasteiger partial charge in [-0.25, -0.2) is 0 Å². The van der Waals surface area contributed by atoms with E-state index < -0.39 is 5.60 Å². The topological polar surface area (TPSA) is 52.3 Å². The number of rotatable bonds is 3. The van der Waals surface area contributed by atoms with E-state index in [9.17, 15) is 4.79 Å². The fourth-order valence-electron chi connectivity index (χ4n) is 1.39. The first kappa shape index (κ1) is 12.6. The summed E-state index contributed by atoms with van der Waals surface area (Å²) in [4.78, 5) is 11.5. The fourth-order valence-corrected chi connectivity index (χ4v) is 1.39. The molecule has 0 fully saturated rings. The van der Waals surface area contributed by atoms with E-state index in [1.165, 1.54) is 0 Å². The van der Waals surface area contributed by atoms with Crippen molar-refractivity contribution >= 4 is 11.7 Å². The van der Waals surface area contributed by atoms with Crippen LogP contribution in [0.1, 0.15) is 32.8 Å². The van der Waals surface area contributed by atoms with Crippen LogP contribution >= 0.6 is 0 Å². The number of esters is 1. The van der Waals surface area contributed by atoms with Crippen molar-refractivity contribution in [1.29, 1.82) is 0 Å². The van der Waals surface area contributed by atoms with Crippen LogP contribution in [-0.2, 0) is 16.0 Å². The van der Waals surface area contributed by atoms with E-state index in [0.717, 1.165) is 11.3 Å². The van der Waals surface area contributed by atoms with Crippen LogP contribution < -0.4 is 5.73 Å². The molecule has 0 heterocycles. The highest BCUT2D eigenvalue weighted by atomic mass is 16.6. The van der Waals surface area contributed by atoms with Gasteiger partial charge >= 0.3 is 5.97 Å². The van der Waals surface area contributed by atoms with Gasteiger partial charge < -0.3 is 10.5 Å². The van der Waals surface area contributed by atoms with Crippen molar-refractivity contribution in [3.05, 3.63) is 29.8 Å². The molecule has 0 saturated heterocycles. The number of carbonyl (C=O) groups is 1. The quantitative estimate of drug-likeness (QED) is 0.630. The number of ether oxygens (including phenoxy) is 1. The fraction of sp³-hybridized carbons (Fsp3) is 0.462. The molecule has 0 amide bonds. The maximum Gasteiger partial charge on any atom is 0.306 e. The van der Waals surface area contributed by atoms with Gasteiger partial charge in [0, 0.05) is 12.1 Å². The van der Waals surface area contributed by atoms with Crippen LogP contribution in [0.15, 0.2) is 24.3 Å². The average Bonchev–Trinajstić information content (AvgIpc) is 2.14. The summed E-state index contributed by atoms with van der Waals surface area (Å²) in [6.07, 6.45) is 0.993. The molecule has 2 N–H and O–H groups in total. The summed E-state index contributed by atoms with van der Waals surface area (Å²) in [5.74, 6) is -0.184. The number of aryl methyl sites for hydroxylation is 1. The summed E-state index contributed by atoms with van der Waals surface area (Å²) in [6, 6.07) is 7.57. The first-order valence-electron chi connectivity index (χ1n) is 5.44. The second kappa shape index (κ2) is 5.01. The van der Waals surface area contributed by atoms with Gasteiger partial charge in [0.15, 0.2) is 0 Å². The van der Waals surface area contributed by atoms with Gasteiger partial charge in [-0.2, -0.15) is 0 Å². The van der Waals surface area contributed by atoms with Crippen molar-refractivity contribution in [3.8, 4) is 0 Å². The molecule has 1 aromatic rings. The minimum atomic E-state index is -0.417. The molecule has 0 aromatic heterocycles. The van der Waals surface area contributed by atoms with Crippen molar-refractivity contribution in [2.45, 2.75) is 39.2 Å². The van der Waals surface area contributed by atoms with Crippen molar-refractivity contribution in [2.75, 3.05) is 5.73 Å². The van der Waals surface area contributed by atoms with Gasteiger partial charge in [0.25, 0.3) is 0 Å². The van der Waals surface area contributed by atoms with Crippen LogP contribution in [0.4, 0.5) is 5.69 Å². The van der Waals surface area contributed by atoms with Crippen LogP contribution in [0.5, 0.6) is 0 Å². The number of hydrogen-bond acceptors (Lipinski definition) is 3. The molecule has 0 aliphatic carbocycles. The SMILES string of the molecule is CC(C)(C)OC(=O)CCc1ccccc1N. The zero-order valence-corrected chi connectivity index (χ0v) is 10.1. The molecule has 0 atom stereocenters. The highest BCUT2D eigenvalue weighted by Crippen LogP contribution is 2.14. The summed E-state index contributed by atoms with van der Waals surface area (Å²) in [6.45, 7) is 5.59. The largest absolute Gasteiger partial charge is 0.460 e. The zero-order chi connectivity index (χ0) is 12.2. The van der Waals surface area contributed by atoms with Crippen LogP contribution in [-0.4, -0.2) is 11.6 Å². The van der Waals surface area contributed by atoms with E-state index in [0.29, 0.717) is 12.8 Å². The third-order valence-electron chi connectivity index (χ3n) is 2.07. The van der Waals surface area contributed by atoms with Crippen molar-refractivity contribution < 1.29 is 9.53 Å².